The maximum absolute atomic E-state index is 12.5. The molecule has 0 saturated heterocycles. The number of aryl methyl sites for hydroxylation is 1. The maximum atomic E-state index is 12.5. The Labute approximate surface area is 130 Å². The summed E-state index contributed by atoms with van der Waals surface area (Å²) in [6, 6.07) is 3.02. The Hall–Kier alpha value is -1.75. The number of phenolic OH excluding ortho intramolecular Hbond substituents is 1. The van der Waals surface area contributed by atoms with E-state index in [0.717, 1.165) is 31.2 Å². The van der Waals surface area contributed by atoms with E-state index in [4.69, 9.17) is 9.47 Å². The number of rotatable bonds is 1. The molecule has 0 fully saturated rings. The number of cyclic esters (lactones) is 1. The van der Waals surface area contributed by atoms with Crippen LogP contribution in [-0.2, 0) is 11.2 Å². The fourth-order valence-electron chi connectivity index (χ4n) is 2.91. The Kier molecular flexibility index (Phi) is 5.66. The van der Waals surface area contributed by atoms with Crippen molar-refractivity contribution < 1.29 is 24.5 Å². The molecule has 0 aromatic heterocycles. The molecule has 2 rings (SSSR count). The Morgan fingerprint density at radius 2 is 2.05 bits per heavy atom. The number of aliphatic hydroxyl groups is 1. The van der Waals surface area contributed by atoms with E-state index in [9.17, 15) is 15.0 Å². The quantitative estimate of drug-likeness (QED) is 0.780. The minimum atomic E-state index is -0.466. The number of carbonyl (C=O) groups is 1. The Morgan fingerprint density at radius 3 is 2.77 bits per heavy atom. The molecule has 0 amide bonds. The Bertz CT molecular complexity index is 526. The van der Waals surface area contributed by atoms with Gasteiger partial charge in [-0.2, -0.15) is 0 Å². The molecule has 22 heavy (non-hydrogen) atoms. The minimum Gasteiger partial charge on any atom is -0.508 e. The molecule has 2 atom stereocenters. The SMILES string of the molecule is COc1cc(O)cc2c1C(=O)O[C@H](C)C[C@H](O)CCCCC2. The van der Waals surface area contributed by atoms with Gasteiger partial charge in [0, 0.05) is 12.5 Å². The summed E-state index contributed by atoms with van der Waals surface area (Å²) in [5.74, 6) is -0.0594. The third kappa shape index (κ3) is 4.13. The van der Waals surface area contributed by atoms with Gasteiger partial charge in [0.15, 0.2) is 0 Å². The molecule has 0 bridgehead atoms. The molecule has 122 valence electrons. The summed E-state index contributed by atoms with van der Waals surface area (Å²) in [6.07, 6.45) is 3.80. The molecule has 1 aliphatic heterocycles. The Balaban J connectivity index is 2.35. The van der Waals surface area contributed by atoms with E-state index in [0.29, 0.717) is 24.2 Å². The van der Waals surface area contributed by atoms with Crippen LogP contribution in [0.15, 0.2) is 12.1 Å². The van der Waals surface area contributed by atoms with Crippen molar-refractivity contribution in [3.05, 3.63) is 23.3 Å². The number of carbonyl (C=O) groups excluding carboxylic acids is 1. The van der Waals surface area contributed by atoms with E-state index in [2.05, 4.69) is 0 Å². The third-order valence-electron chi connectivity index (χ3n) is 3.99. The topological polar surface area (TPSA) is 76.0 Å². The summed E-state index contributed by atoms with van der Waals surface area (Å²) in [6.45, 7) is 1.78. The van der Waals surface area contributed by atoms with Gasteiger partial charge in [0.1, 0.15) is 23.2 Å². The van der Waals surface area contributed by atoms with Gasteiger partial charge in [0.05, 0.1) is 13.2 Å². The number of phenols is 1. The normalized spacial score (nSPS) is 23.7. The van der Waals surface area contributed by atoms with E-state index in [1.54, 1.807) is 13.0 Å². The molecule has 5 nitrogen and oxygen atoms in total. The monoisotopic (exact) mass is 308 g/mol. The fraction of sp³-hybridized carbons (Fsp3) is 0.588. The zero-order valence-corrected chi connectivity index (χ0v) is 13.2. The zero-order chi connectivity index (χ0) is 16.1. The van der Waals surface area contributed by atoms with Gasteiger partial charge in [0.25, 0.3) is 0 Å². The fourth-order valence-corrected chi connectivity index (χ4v) is 2.91. The van der Waals surface area contributed by atoms with Crippen LogP contribution in [0, 0.1) is 0 Å². The predicted octanol–water partition coefficient (Wildman–Crippen LogP) is 2.81. The van der Waals surface area contributed by atoms with Crippen molar-refractivity contribution in [3.8, 4) is 11.5 Å². The second-order valence-corrected chi connectivity index (χ2v) is 5.89. The summed E-state index contributed by atoms with van der Waals surface area (Å²) < 4.78 is 10.7. The van der Waals surface area contributed by atoms with E-state index in [1.165, 1.54) is 13.2 Å². The van der Waals surface area contributed by atoms with Crippen LogP contribution in [0.1, 0.15) is 54.9 Å². The second kappa shape index (κ2) is 7.49. The molecule has 1 aromatic rings. The first-order chi connectivity index (χ1) is 10.5. The van der Waals surface area contributed by atoms with Crippen LogP contribution in [0.25, 0.3) is 0 Å². The van der Waals surface area contributed by atoms with Crippen molar-refractivity contribution >= 4 is 5.97 Å². The lowest BCUT2D eigenvalue weighted by Gasteiger charge is -2.20. The zero-order valence-electron chi connectivity index (χ0n) is 13.2. The van der Waals surface area contributed by atoms with Gasteiger partial charge in [-0.05, 0) is 37.8 Å². The van der Waals surface area contributed by atoms with Crippen molar-refractivity contribution in [1.82, 2.24) is 0 Å². The first-order valence-corrected chi connectivity index (χ1v) is 7.80. The number of aromatic hydroxyl groups is 1. The van der Waals surface area contributed by atoms with Crippen LogP contribution in [0.4, 0.5) is 0 Å². The number of esters is 1. The van der Waals surface area contributed by atoms with E-state index in [1.807, 2.05) is 0 Å². The number of benzene rings is 1. The number of fused-ring (bicyclic) bond motifs is 1. The number of aliphatic hydroxyl groups excluding tert-OH is 1. The average molecular weight is 308 g/mol. The van der Waals surface area contributed by atoms with Gasteiger partial charge in [-0.3, -0.25) is 0 Å². The number of hydrogen-bond acceptors (Lipinski definition) is 5. The number of hydrogen-bond donors (Lipinski definition) is 2. The van der Waals surface area contributed by atoms with E-state index in [-0.39, 0.29) is 11.9 Å². The molecule has 0 saturated carbocycles. The van der Waals surface area contributed by atoms with Crippen molar-refractivity contribution in [3.63, 3.8) is 0 Å². The second-order valence-electron chi connectivity index (χ2n) is 5.89. The summed E-state index contributed by atoms with van der Waals surface area (Å²) >= 11 is 0. The lowest BCUT2D eigenvalue weighted by Crippen LogP contribution is -2.23. The van der Waals surface area contributed by atoms with Crippen LogP contribution in [0.3, 0.4) is 0 Å². The maximum Gasteiger partial charge on any atom is 0.342 e. The van der Waals surface area contributed by atoms with E-state index < -0.39 is 12.1 Å². The van der Waals surface area contributed by atoms with Gasteiger partial charge in [0.2, 0.25) is 0 Å². The van der Waals surface area contributed by atoms with Gasteiger partial charge in [-0.1, -0.05) is 12.8 Å². The highest BCUT2D eigenvalue weighted by molar-refractivity contribution is 5.94. The molecule has 1 heterocycles. The van der Waals surface area contributed by atoms with Crippen molar-refractivity contribution in [2.45, 2.75) is 57.7 Å². The van der Waals surface area contributed by atoms with Crippen LogP contribution < -0.4 is 4.74 Å². The van der Waals surface area contributed by atoms with Crippen molar-refractivity contribution in [1.29, 1.82) is 0 Å². The highest BCUT2D eigenvalue weighted by atomic mass is 16.5. The van der Waals surface area contributed by atoms with Crippen LogP contribution in [0.5, 0.6) is 11.5 Å². The molecule has 0 radical (unpaired) electrons. The van der Waals surface area contributed by atoms with E-state index >= 15 is 0 Å². The number of methoxy groups -OCH3 is 1. The largest absolute Gasteiger partial charge is 0.508 e. The Morgan fingerprint density at radius 1 is 1.27 bits per heavy atom. The molecule has 2 N–H and O–H groups in total. The smallest absolute Gasteiger partial charge is 0.342 e. The van der Waals surface area contributed by atoms with Crippen molar-refractivity contribution in [2.75, 3.05) is 7.11 Å². The van der Waals surface area contributed by atoms with Crippen LogP contribution in [0.2, 0.25) is 0 Å². The summed E-state index contributed by atoms with van der Waals surface area (Å²) in [4.78, 5) is 12.5. The molecule has 1 aromatic carbocycles. The minimum absolute atomic E-state index is 0.0824. The van der Waals surface area contributed by atoms with Crippen molar-refractivity contribution in [2.24, 2.45) is 0 Å². The predicted molar refractivity (Wildman–Crippen MR) is 82.3 cm³/mol. The molecular formula is C17H24O5. The van der Waals surface area contributed by atoms with Crippen LogP contribution >= 0.6 is 0 Å². The summed E-state index contributed by atoms with van der Waals surface area (Å²) in [5.41, 5.74) is 1.12. The third-order valence-corrected chi connectivity index (χ3v) is 3.99. The molecule has 0 unspecified atom stereocenters. The molecular weight excluding hydrogens is 284 g/mol. The lowest BCUT2D eigenvalue weighted by atomic mass is 9.97. The molecule has 5 heteroatoms. The first kappa shape index (κ1) is 16.6. The highest BCUT2D eigenvalue weighted by Crippen LogP contribution is 2.31. The van der Waals surface area contributed by atoms with Gasteiger partial charge in [-0.15, -0.1) is 0 Å². The van der Waals surface area contributed by atoms with Crippen LogP contribution in [-0.4, -0.2) is 35.5 Å². The molecule has 0 spiro atoms. The standard InChI is InChI=1S/C17H24O5/c1-11-8-13(18)7-5-3-4-6-12-9-14(19)10-15(21-2)16(12)17(20)22-11/h9-11,13,18-19H,3-8H2,1-2H3/t11-,13-/m1/s1. The summed E-state index contributed by atoms with van der Waals surface area (Å²) in [7, 11) is 1.46. The lowest BCUT2D eigenvalue weighted by molar-refractivity contribution is 0.0182. The van der Waals surface area contributed by atoms with Gasteiger partial charge in [-0.25, -0.2) is 4.79 Å². The van der Waals surface area contributed by atoms with Gasteiger partial charge >= 0.3 is 5.97 Å². The molecule has 0 aliphatic carbocycles. The first-order valence-electron chi connectivity index (χ1n) is 7.80. The van der Waals surface area contributed by atoms with Gasteiger partial charge < -0.3 is 19.7 Å². The summed E-state index contributed by atoms with van der Waals surface area (Å²) in [5, 5.41) is 19.7. The highest BCUT2D eigenvalue weighted by Gasteiger charge is 2.23. The molecule has 1 aliphatic rings. The number of ether oxygens (including phenoxy) is 2. The average Bonchev–Trinajstić information content (AvgIpc) is 2.44.